The van der Waals surface area contributed by atoms with Crippen molar-refractivity contribution < 1.29 is 5.11 Å². The van der Waals surface area contributed by atoms with Gasteiger partial charge in [0.25, 0.3) is 0 Å². The Labute approximate surface area is 113 Å². The first-order valence-electron chi connectivity index (χ1n) is 6.52. The Morgan fingerprint density at radius 1 is 1.28 bits per heavy atom. The summed E-state index contributed by atoms with van der Waals surface area (Å²) in [7, 11) is 0. The highest BCUT2D eigenvalue weighted by atomic mass is 35.5. The quantitative estimate of drug-likeness (QED) is 0.892. The molecule has 100 valence electrons. The van der Waals surface area contributed by atoms with Crippen LogP contribution in [0, 0.1) is 13.8 Å². The maximum absolute atomic E-state index is 9.02. The van der Waals surface area contributed by atoms with Gasteiger partial charge in [-0.25, -0.2) is 0 Å². The van der Waals surface area contributed by atoms with E-state index in [1.165, 1.54) is 19.3 Å². The summed E-state index contributed by atoms with van der Waals surface area (Å²) in [6.45, 7) is 5.05. The van der Waals surface area contributed by atoms with E-state index in [1.54, 1.807) is 0 Å². The van der Waals surface area contributed by atoms with Crippen LogP contribution in [0.1, 0.15) is 36.8 Å². The number of hydrogen-bond acceptors (Lipinski definition) is 4. The van der Waals surface area contributed by atoms with Crippen LogP contribution in [0.25, 0.3) is 0 Å². The number of anilines is 1. The van der Waals surface area contributed by atoms with Crippen LogP contribution in [0.15, 0.2) is 0 Å². The van der Waals surface area contributed by atoms with Crippen molar-refractivity contribution >= 4 is 17.4 Å². The third-order valence-corrected chi connectivity index (χ3v) is 4.14. The molecule has 1 aliphatic rings. The number of aromatic nitrogens is 2. The second-order valence-corrected chi connectivity index (χ2v) is 5.28. The van der Waals surface area contributed by atoms with Crippen molar-refractivity contribution in [2.75, 3.05) is 18.1 Å². The molecule has 18 heavy (non-hydrogen) atoms. The third-order valence-electron chi connectivity index (χ3n) is 3.78. The van der Waals surface area contributed by atoms with Crippen molar-refractivity contribution in [3.05, 3.63) is 16.3 Å². The summed E-state index contributed by atoms with van der Waals surface area (Å²) in [6, 6.07) is 0.546. The largest absolute Gasteiger partial charge is 0.396 e. The van der Waals surface area contributed by atoms with Crippen molar-refractivity contribution in [1.29, 1.82) is 0 Å². The van der Waals surface area contributed by atoms with Gasteiger partial charge in [0.1, 0.15) is 0 Å². The van der Waals surface area contributed by atoms with Crippen LogP contribution in [0.5, 0.6) is 0 Å². The zero-order valence-corrected chi connectivity index (χ0v) is 11.7. The fourth-order valence-corrected chi connectivity index (χ4v) is 2.42. The Balaban J connectivity index is 2.26. The summed E-state index contributed by atoms with van der Waals surface area (Å²) in [5, 5.41) is 17.8. The molecule has 1 saturated carbocycles. The molecule has 4 nitrogen and oxygen atoms in total. The number of aliphatic hydroxyl groups excluding tert-OH is 1. The summed E-state index contributed by atoms with van der Waals surface area (Å²) in [5.74, 6) is 0.926. The molecule has 0 aromatic carbocycles. The van der Waals surface area contributed by atoms with Gasteiger partial charge in [-0.1, -0.05) is 11.6 Å². The minimum atomic E-state index is 0.211. The highest BCUT2D eigenvalue weighted by molar-refractivity contribution is 6.30. The summed E-state index contributed by atoms with van der Waals surface area (Å²) >= 11 is 5.99. The topological polar surface area (TPSA) is 49.2 Å². The van der Waals surface area contributed by atoms with Crippen LogP contribution >= 0.6 is 11.6 Å². The van der Waals surface area contributed by atoms with E-state index in [9.17, 15) is 0 Å². The Hall–Kier alpha value is -0.870. The van der Waals surface area contributed by atoms with Crippen LogP contribution in [-0.4, -0.2) is 34.5 Å². The van der Waals surface area contributed by atoms with E-state index in [0.29, 0.717) is 11.2 Å². The second kappa shape index (κ2) is 5.85. The molecule has 1 heterocycles. The zero-order valence-electron chi connectivity index (χ0n) is 11.0. The summed E-state index contributed by atoms with van der Waals surface area (Å²) in [4.78, 5) is 2.28. The lowest BCUT2D eigenvalue weighted by Crippen LogP contribution is -2.42. The fraction of sp³-hybridized carbons (Fsp3) is 0.692. The van der Waals surface area contributed by atoms with Gasteiger partial charge in [0.2, 0.25) is 0 Å². The molecule has 1 aromatic heterocycles. The van der Waals surface area contributed by atoms with Gasteiger partial charge in [-0.3, -0.25) is 0 Å². The first-order valence-corrected chi connectivity index (χ1v) is 6.89. The predicted octanol–water partition coefficient (Wildman–Crippen LogP) is 2.49. The highest BCUT2D eigenvalue weighted by Gasteiger charge is 2.27. The van der Waals surface area contributed by atoms with Gasteiger partial charge in [-0.2, -0.15) is 0 Å². The van der Waals surface area contributed by atoms with Crippen molar-refractivity contribution in [1.82, 2.24) is 10.2 Å². The molecule has 0 atom stereocenters. The molecule has 0 amide bonds. The third kappa shape index (κ3) is 2.59. The second-order valence-electron chi connectivity index (χ2n) is 4.92. The van der Waals surface area contributed by atoms with Gasteiger partial charge in [0.05, 0.1) is 0 Å². The van der Waals surface area contributed by atoms with E-state index in [-0.39, 0.29) is 6.61 Å². The maximum Gasteiger partial charge on any atom is 0.155 e. The highest BCUT2D eigenvalue weighted by Crippen LogP contribution is 2.32. The molecule has 1 fully saturated rings. The molecule has 2 rings (SSSR count). The first-order chi connectivity index (χ1) is 8.65. The number of hydrogen-bond donors (Lipinski definition) is 1. The van der Waals surface area contributed by atoms with Crippen LogP contribution in [0.2, 0.25) is 5.15 Å². The lowest BCUT2D eigenvalue weighted by Gasteiger charge is -2.39. The SMILES string of the molecule is Cc1c(Cl)nnc(N(CCCO)C2CCC2)c1C. The Bertz CT molecular complexity index is 421. The molecule has 1 N–H and O–H groups in total. The molecule has 0 saturated heterocycles. The molecule has 1 aliphatic carbocycles. The normalized spacial score (nSPS) is 15.6. The van der Waals surface area contributed by atoms with Gasteiger partial charge < -0.3 is 10.0 Å². The lowest BCUT2D eigenvalue weighted by molar-refractivity contribution is 0.282. The van der Waals surface area contributed by atoms with E-state index in [1.807, 2.05) is 13.8 Å². The fourth-order valence-electron chi connectivity index (χ4n) is 2.24. The van der Waals surface area contributed by atoms with Gasteiger partial charge >= 0.3 is 0 Å². The average molecular weight is 270 g/mol. The van der Waals surface area contributed by atoms with E-state index in [4.69, 9.17) is 16.7 Å². The summed E-state index contributed by atoms with van der Waals surface area (Å²) in [6.07, 6.45) is 4.45. The molecular weight excluding hydrogens is 250 g/mol. The molecule has 0 unspecified atom stereocenters. The monoisotopic (exact) mass is 269 g/mol. The zero-order chi connectivity index (χ0) is 13.1. The maximum atomic E-state index is 9.02. The average Bonchev–Trinajstić information content (AvgIpc) is 2.30. The number of rotatable bonds is 5. The van der Waals surface area contributed by atoms with Gasteiger partial charge in [-0.15, -0.1) is 10.2 Å². The van der Waals surface area contributed by atoms with Crippen LogP contribution in [-0.2, 0) is 0 Å². The molecule has 0 radical (unpaired) electrons. The van der Waals surface area contributed by atoms with Crippen molar-refractivity contribution in [3.8, 4) is 0 Å². The molecular formula is C13H20ClN3O. The minimum absolute atomic E-state index is 0.211. The molecule has 5 heteroatoms. The van der Waals surface area contributed by atoms with Crippen molar-refractivity contribution in [2.24, 2.45) is 0 Å². The van der Waals surface area contributed by atoms with E-state index >= 15 is 0 Å². The predicted molar refractivity (Wildman–Crippen MR) is 73.2 cm³/mol. The summed E-state index contributed by atoms with van der Waals surface area (Å²) in [5.41, 5.74) is 2.09. The Morgan fingerprint density at radius 3 is 2.56 bits per heavy atom. The number of aliphatic hydroxyl groups is 1. The number of nitrogens with zero attached hydrogens (tertiary/aromatic N) is 3. The Kier molecular flexibility index (Phi) is 4.40. The van der Waals surface area contributed by atoms with Crippen LogP contribution in [0.4, 0.5) is 5.82 Å². The number of halogens is 1. The first kappa shape index (κ1) is 13.6. The van der Waals surface area contributed by atoms with E-state index in [0.717, 1.165) is 29.9 Å². The smallest absolute Gasteiger partial charge is 0.155 e. The van der Waals surface area contributed by atoms with Crippen LogP contribution in [0.3, 0.4) is 0 Å². The lowest BCUT2D eigenvalue weighted by atomic mass is 9.91. The van der Waals surface area contributed by atoms with Crippen LogP contribution < -0.4 is 4.90 Å². The molecule has 0 spiro atoms. The van der Waals surface area contributed by atoms with Gasteiger partial charge in [-0.05, 0) is 50.7 Å². The van der Waals surface area contributed by atoms with Crippen molar-refractivity contribution in [3.63, 3.8) is 0 Å². The minimum Gasteiger partial charge on any atom is -0.396 e. The van der Waals surface area contributed by atoms with E-state index < -0.39 is 0 Å². The van der Waals surface area contributed by atoms with Gasteiger partial charge in [0, 0.05) is 19.2 Å². The van der Waals surface area contributed by atoms with Crippen molar-refractivity contribution in [2.45, 2.75) is 45.6 Å². The standard InChI is InChI=1S/C13H20ClN3O/c1-9-10(2)13(16-15-12(9)14)17(7-4-8-18)11-5-3-6-11/h11,18H,3-8H2,1-2H3. The van der Waals surface area contributed by atoms with E-state index in [2.05, 4.69) is 15.1 Å². The van der Waals surface area contributed by atoms with Gasteiger partial charge in [0.15, 0.2) is 11.0 Å². The molecule has 0 bridgehead atoms. The molecule has 1 aromatic rings. The Morgan fingerprint density at radius 2 is 2.00 bits per heavy atom. The molecule has 0 aliphatic heterocycles. The summed E-state index contributed by atoms with van der Waals surface area (Å²) < 4.78 is 0.